The zero-order chi connectivity index (χ0) is 24.4. The highest BCUT2D eigenvalue weighted by atomic mass is 35.5. The van der Waals surface area contributed by atoms with Gasteiger partial charge in [-0.15, -0.1) is 24.8 Å². The van der Waals surface area contributed by atoms with Crippen LogP contribution in [-0.4, -0.2) is 59.3 Å². The van der Waals surface area contributed by atoms with E-state index >= 15 is 0 Å². The van der Waals surface area contributed by atoms with Crippen molar-refractivity contribution in [2.75, 3.05) is 37.8 Å². The lowest BCUT2D eigenvalue weighted by molar-refractivity contribution is -0.113. The largest absolute Gasteiger partial charge is 0.497 e. The molecule has 1 saturated heterocycles. The number of carbonyl (C=O) groups excluding carboxylic acids is 1. The number of anilines is 1. The van der Waals surface area contributed by atoms with Crippen LogP contribution in [0, 0.1) is 11.6 Å². The van der Waals surface area contributed by atoms with E-state index in [1.54, 1.807) is 6.07 Å². The minimum Gasteiger partial charge on any atom is -0.497 e. The number of piperidine rings is 1. The van der Waals surface area contributed by atoms with Crippen LogP contribution in [-0.2, 0) is 17.8 Å². The Morgan fingerprint density at radius 3 is 2.68 bits per heavy atom. The van der Waals surface area contributed by atoms with Crippen molar-refractivity contribution in [2.45, 2.75) is 36.9 Å². The van der Waals surface area contributed by atoms with Gasteiger partial charge in [0.1, 0.15) is 22.1 Å². The third kappa shape index (κ3) is 6.80. The molecule has 0 bridgehead atoms. The molecule has 0 aliphatic carbocycles. The van der Waals surface area contributed by atoms with E-state index in [1.807, 2.05) is 12.3 Å². The van der Waals surface area contributed by atoms with Crippen molar-refractivity contribution in [3.05, 3.63) is 53.4 Å². The zero-order valence-electron chi connectivity index (χ0n) is 20.3. The van der Waals surface area contributed by atoms with Crippen LogP contribution < -0.4 is 15.4 Å². The number of hydrogen-bond donors (Lipinski definition) is 2. The molecule has 2 N–H and O–H groups in total. The van der Waals surface area contributed by atoms with E-state index in [2.05, 4.69) is 25.5 Å². The van der Waals surface area contributed by atoms with Crippen LogP contribution in [0.2, 0.25) is 0 Å². The van der Waals surface area contributed by atoms with E-state index in [4.69, 9.17) is 4.74 Å². The molecule has 0 spiro atoms. The van der Waals surface area contributed by atoms with Gasteiger partial charge in [0.15, 0.2) is 5.82 Å². The third-order valence-corrected chi connectivity index (χ3v) is 7.58. The standard InChI is InChI=1S/C25H27F2N5O2S.2ClH/c1-34-17-9-19-18(21(27)13-29-24(19)20(26)10-17)4-7-32-5-2-16(3-6-32)28-11-15-8-22-25(30-12-15)35-14-23(33)31-22;;/h8-10,12-13,16,28H,2-7,11,14H2,1H3,(H,31,33);2*1H. The number of amides is 1. The maximum atomic E-state index is 14.6. The molecule has 0 atom stereocenters. The lowest BCUT2D eigenvalue weighted by Gasteiger charge is -2.32. The van der Waals surface area contributed by atoms with Crippen LogP contribution in [0.5, 0.6) is 5.75 Å². The van der Waals surface area contributed by atoms with Gasteiger partial charge in [-0.3, -0.25) is 9.78 Å². The molecule has 0 saturated carbocycles. The van der Waals surface area contributed by atoms with E-state index in [-0.39, 0.29) is 36.2 Å². The van der Waals surface area contributed by atoms with Gasteiger partial charge in [-0.1, -0.05) is 11.8 Å². The monoisotopic (exact) mass is 571 g/mol. The first-order valence-corrected chi connectivity index (χ1v) is 12.7. The molecule has 5 rings (SSSR count). The molecule has 3 aromatic rings. The van der Waals surface area contributed by atoms with Crippen LogP contribution in [0.4, 0.5) is 14.5 Å². The fourth-order valence-electron chi connectivity index (χ4n) is 4.64. The lowest BCUT2D eigenvalue weighted by atomic mass is 10.0. The highest BCUT2D eigenvalue weighted by Gasteiger charge is 2.21. The molecule has 2 aliphatic rings. The molecule has 0 unspecified atom stereocenters. The summed E-state index contributed by atoms with van der Waals surface area (Å²) >= 11 is 1.46. The number of aromatic nitrogens is 2. The van der Waals surface area contributed by atoms with Crippen molar-refractivity contribution >= 4 is 59.1 Å². The molecule has 37 heavy (non-hydrogen) atoms. The number of ether oxygens (including phenoxy) is 1. The number of likely N-dealkylation sites (tertiary alicyclic amines) is 1. The van der Waals surface area contributed by atoms with Crippen LogP contribution >= 0.6 is 36.6 Å². The zero-order valence-corrected chi connectivity index (χ0v) is 22.7. The van der Waals surface area contributed by atoms with Gasteiger partial charge in [-0.2, -0.15) is 0 Å². The average molecular weight is 573 g/mol. The highest BCUT2D eigenvalue weighted by Crippen LogP contribution is 2.30. The van der Waals surface area contributed by atoms with Crippen LogP contribution in [0.25, 0.3) is 10.9 Å². The number of fused-ring (bicyclic) bond motifs is 2. The average Bonchev–Trinajstić information content (AvgIpc) is 2.87. The molecule has 7 nitrogen and oxygen atoms in total. The summed E-state index contributed by atoms with van der Waals surface area (Å²) in [5, 5.41) is 7.80. The van der Waals surface area contributed by atoms with Crippen molar-refractivity contribution in [1.82, 2.24) is 20.2 Å². The number of rotatable bonds is 7. The van der Waals surface area contributed by atoms with Crippen molar-refractivity contribution in [3.8, 4) is 5.75 Å². The van der Waals surface area contributed by atoms with Gasteiger partial charge in [-0.05, 0) is 50.0 Å². The number of hydrogen-bond acceptors (Lipinski definition) is 7. The Hall–Kier alpha value is -2.24. The fraction of sp³-hybridized carbons (Fsp3) is 0.400. The van der Waals surface area contributed by atoms with Gasteiger partial charge < -0.3 is 20.3 Å². The van der Waals surface area contributed by atoms with E-state index in [1.165, 1.54) is 24.9 Å². The number of methoxy groups -OCH3 is 1. The second-order valence-electron chi connectivity index (χ2n) is 8.87. The van der Waals surface area contributed by atoms with Crippen molar-refractivity contribution < 1.29 is 18.3 Å². The predicted molar refractivity (Wildman–Crippen MR) is 146 cm³/mol. The minimum absolute atomic E-state index is 0. The molecular formula is C25H29Cl2F2N5O2S. The van der Waals surface area contributed by atoms with E-state index < -0.39 is 11.6 Å². The summed E-state index contributed by atoms with van der Waals surface area (Å²) in [6.45, 7) is 3.17. The molecular weight excluding hydrogens is 543 g/mol. The Morgan fingerprint density at radius 1 is 1.14 bits per heavy atom. The van der Waals surface area contributed by atoms with Crippen molar-refractivity contribution in [3.63, 3.8) is 0 Å². The number of thioether (sulfide) groups is 1. The number of halogens is 4. The second kappa shape index (κ2) is 13.0. The smallest absolute Gasteiger partial charge is 0.234 e. The van der Waals surface area contributed by atoms with Gasteiger partial charge in [-0.25, -0.2) is 13.8 Å². The Labute approximate surface area is 231 Å². The van der Waals surface area contributed by atoms with E-state index in [9.17, 15) is 13.6 Å². The van der Waals surface area contributed by atoms with Crippen molar-refractivity contribution in [1.29, 1.82) is 0 Å². The summed E-state index contributed by atoms with van der Waals surface area (Å²) in [5.41, 5.74) is 2.46. The maximum absolute atomic E-state index is 14.6. The molecule has 2 aromatic heterocycles. The van der Waals surface area contributed by atoms with Gasteiger partial charge >= 0.3 is 0 Å². The maximum Gasteiger partial charge on any atom is 0.234 e. The molecule has 1 aromatic carbocycles. The van der Waals surface area contributed by atoms with Gasteiger partial charge in [0.2, 0.25) is 5.91 Å². The Bertz CT molecular complexity index is 1260. The van der Waals surface area contributed by atoms with Gasteiger partial charge in [0.05, 0.1) is 24.7 Å². The molecule has 1 amide bonds. The van der Waals surface area contributed by atoms with E-state index in [0.717, 1.165) is 48.4 Å². The number of nitrogens with zero attached hydrogens (tertiary/aromatic N) is 3. The van der Waals surface area contributed by atoms with Gasteiger partial charge in [0, 0.05) is 42.3 Å². The quantitative estimate of drug-likeness (QED) is 0.429. The summed E-state index contributed by atoms with van der Waals surface area (Å²) in [6.07, 6.45) is 5.39. The Morgan fingerprint density at radius 2 is 1.92 bits per heavy atom. The number of pyridine rings is 2. The van der Waals surface area contributed by atoms with Crippen LogP contribution in [0.1, 0.15) is 24.0 Å². The second-order valence-corrected chi connectivity index (χ2v) is 9.83. The predicted octanol–water partition coefficient (Wildman–Crippen LogP) is 4.60. The summed E-state index contributed by atoms with van der Waals surface area (Å²) in [5.74, 6) is -0.167. The van der Waals surface area contributed by atoms with Crippen molar-refractivity contribution in [2.24, 2.45) is 0 Å². The number of benzene rings is 1. The normalized spacial score (nSPS) is 15.9. The first-order valence-electron chi connectivity index (χ1n) is 11.7. The summed E-state index contributed by atoms with van der Waals surface area (Å²) in [4.78, 5) is 22.3. The summed E-state index contributed by atoms with van der Waals surface area (Å²) in [7, 11) is 1.46. The molecule has 0 radical (unpaired) electrons. The van der Waals surface area contributed by atoms with Crippen LogP contribution in [0.15, 0.2) is 35.6 Å². The highest BCUT2D eigenvalue weighted by molar-refractivity contribution is 8.00. The Balaban J connectivity index is 0.00000190. The Kier molecular flexibility index (Phi) is 10.3. The first kappa shape index (κ1) is 29.3. The molecule has 4 heterocycles. The first-order chi connectivity index (χ1) is 17.0. The SMILES string of the molecule is COc1cc(F)c2ncc(F)c(CCN3CCC(NCc4cnc5c(c4)NC(=O)CS5)CC3)c2c1.Cl.Cl. The number of carbonyl (C=O) groups is 1. The summed E-state index contributed by atoms with van der Waals surface area (Å²) in [6, 6.07) is 5.28. The topological polar surface area (TPSA) is 79.4 Å². The molecule has 200 valence electrons. The minimum atomic E-state index is -0.511. The van der Waals surface area contributed by atoms with E-state index in [0.29, 0.717) is 48.0 Å². The fourth-order valence-corrected chi connectivity index (χ4v) is 5.38. The summed E-state index contributed by atoms with van der Waals surface area (Å²) < 4.78 is 34.1. The third-order valence-electron chi connectivity index (χ3n) is 6.58. The number of nitrogens with one attached hydrogen (secondary N) is 2. The van der Waals surface area contributed by atoms with Gasteiger partial charge in [0.25, 0.3) is 0 Å². The lowest BCUT2D eigenvalue weighted by Crippen LogP contribution is -2.42. The molecule has 2 aliphatic heterocycles. The molecule has 12 heteroatoms. The molecule has 1 fully saturated rings. The van der Waals surface area contributed by atoms with Crippen LogP contribution in [0.3, 0.4) is 0 Å².